The summed E-state index contributed by atoms with van der Waals surface area (Å²) in [6.45, 7) is 49.8. The zero-order chi connectivity index (χ0) is 102. The zero-order valence-corrected chi connectivity index (χ0v) is 84.1. The summed E-state index contributed by atoms with van der Waals surface area (Å²) in [5.74, 6) is -3.26. The molecule has 139 heavy (non-hydrogen) atoms. The summed E-state index contributed by atoms with van der Waals surface area (Å²) in [5, 5.41) is 86.8. The number of nitrogens with one attached hydrogen (secondary N) is 1. The fourth-order valence-corrected chi connectivity index (χ4v) is 15.9. The van der Waals surface area contributed by atoms with Crippen molar-refractivity contribution in [3.05, 3.63) is 170 Å². The van der Waals surface area contributed by atoms with Crippen molar-refractivity contribution in [1.29, 1.82) is 15.8 Å². The molecular weight excluding hydrogens is 1840 g/mol. The number of carbonyl (C=O) groups excluding carboxylic acids is 5. The molecule has 0 bridgehead atoms. The van der Waals surface area contributed by atoms with Crippen molar-refractivity contribution in [2.24, 2.45) is 36.6 Å². The van der Waals surface area contributed by atoms with Gasteiger partial charge in [-0.15, -0.1) is 64.7 Å². The Labute approximate surface area is 829 Å². The normalized spacial score (nSPS) is 11.8. The minimum absolute atomic E-state index is 0.000353. The first-order chi connectivity index (χ1) is 67.5. The number of hydrogen-bond acceptors (Lipinski definition) is 33. The highest BCUT2D eigenvalue weighted by molar-refractivity contribution is 7.21. The number of aliphatic hydroxyl groups excluding tert-OH is 2. The van der Waals surface area contributed by atoms with E-state index in [0.29, 0.717) is 184 Å². The van der Waals surface area contributed by atoms with Gasteiger partial charge in [0.1, 0.15) is 64.3 Å². The second kappa shape index (κ2) is 72.9. The molecule has 750 valence electrons. The number of nitrogens with zero attached hydrogens (tertiary/aromatic N) is 15. The number of amides is 1. The average molecular weight is 1970 g/mol. The number of aliphatic carboxylic acids is 1. The molecule has 3 atom stereocenters. The van der Waals surface area contributed by atoms with Crippen LogP contribution in [0.4, 0.5) is 69.8 Å². The molecule has 0 aliphatic carbocycles. The van der Waals surface area contributed by atoms with Crippen LogP contribution in [0.1, 0.15) is 195 Å². The Morgan fingerprint density at radius 2 is 0.784 bits per heavy atom. The summed E-state index contributed by atoms with van der Waals surface area (Å²) in [7, 11) is 0. The molecule has 0 saturated heterocycles. The highest BCUT2D eigenvalue weighted by Crippen LogP contribution is 2.45. The predicted molar refractivity (Wildman–Crippen MR) is 540 cm³/mol. The minimum atomic E-state index is -1.03. The minimum Gasteiger partial charge on any atom is -0.481 e. The Morgan fingerprint density at radius 3 is 1.14 bits per heavy atom. The maximum Gasteiger partial charge on any atom is 0.309 e. The topological polar surface area (TPSA) is 436 Å². The fourth-order valence-electron chi connectivity index (χ4n) is 13.3. The quantitative estimate of drug-likeness (QED) is 0.00524. The van der Waals surface area contributed by atoms with Gasteiger partial charge in [-0.1, -0.05) is 95.8 Å². The molecule has 0 aliphatic heterocycles. The lowest BCUT2D eigenvalue weighted by atomic mass is 10.0. The number of unbranched alkanes of at least 4 members (excludes halogenated alkanes) is 9. The lowest BCUT2D eigenvalue weighted by Gasteiger charge is -2.25. The van der Waals surface area contributed by atoms with Crippen molar-refractivity contribution in [3.63, 3.8) is 0 Å². The standard InChI is InChI=1S/C48H67N5O11S.C29H36N6O3S.C24H31N5O5S/c1-6-8-10-12-14-16-18-39(48(57)58)33-44(55)62-31-29-61-27-26-59-24-22-53(23-25-60-28-30-63-45(56)34-41(64-36-54)19-17-15-13-11-9-7-2)40-20-21-43(37(3)32-40)51-52-47-42(35-49)38(4)46(50-5)65-47;1-6-9-10-11-12-13-14-23(38-20-36)18-27(37)32-26-17-22(35(7-2)8-3)15-16-25(26)33-34-29-24(19-30)21(4)28(31-5)39-29;1-18-16-20(29(6-10-32-12-8-30)7-11-33-14-15-34-13-9-31)4-5-22(18)27-28-24-21(17-25)19(2)23(26-3)35-24/h14-17,20-21,32,36,39,41H,6-13,18-19,22-31,33-34H2,1-4H3,(H,57,58);12-13,15-17,20,23H,6-11,14,18H2,1-4H3,(H,32,37);4-5,16,30-31H,6-15H2,1-2H3/b16-14+,17-15+,52-51?;13-12+,34-33?;. The van der Waals surface area contributed by atoms with E-state index in [2.05, 4.69) is 110 Å². The average Bonchev–Trinajstić information content (AvgIpc) is 1.56. The van der Waals surface area contributed by atoms with Crippen LogP contribution < -0.4 is 20.0 Å². The summed E-state index contributed by atoms with van der Waals surface area (Å²) < 4.78 is 54.3. The van der Waals surface area contributed by atoms with E-state index in [9.17, 15) is 49.7 Å². The highest BCUT2D eigenvalue weighted by Gasteiger charge is 2.24. The van der Waals surface area contributed by atoms with Gasteiger partial charge in [0.15, 0.2) is 0 Å². The number of allylic oxidation sites excluding steroid dienone is 4. The number of azo groups is 3. The van der Waals surface area contributed by atoms with E-state index in [1.165, 1.54) is 0 Å². The number of carboxylic acid groups (broad SMARTS) is 1. The monoisotopic (exact) mass is 1970 g/mol. The second-order valence-corrected chi connectivity index (χ2v) is 34.2. The molecule has 35 nitrogen and oxygen atoms in total. The van der Waals surface area contributed by atoms with Crippen LogP contribution in [0.25, 0.3) is 14.5 Å². The molecule has 6 rings (SSSR count). The van der Waals surface area contributed by atoms with Gasteiger partial charge in [0.05, 0.1) is 171 Å². The van der Waals surface area contributed by atoms with Gasteiger partial charge >= 0.3 is 17.9 Å². The maximum atomic E-state index is 13.0. The maximum absolute atomic E-state index is 13.0. The number of anilines is 4. The van der Waals surface area contributed by atoms with E-state index in [1.54, 1.807) is 26.8 Å². The number of ether oxygens (including phenoxy) is 10. The van der Waals surface area contributed by atoms with Gasteiger partial charge in [-0.2, -0.15) is 15.8 Å². The third kappa shape index (κ3) is 46.3. The third-order valence-corrected chi connectivity index (χ3v) is 24.3. The van der Waals surface area contributed by atoms with Gasteiger partial charge in [-0.25, -0.2) is 14.5 Å². The lowest BCUT2D eigenvalue weighted by Crippen LogP contribution is -2.31. The van der Waals surface area contributed by atoms with Crippen LogP contribution in [0.3, 0.4) is 0 Å². The van der Waals surface area contributed by atoms with Crippen molar-refractivity contribution >= 4 is 141 Å². The Balaban J connectivity index is 0.000000465. The van der Waals surface area contributed by atoms with Crippen LogP contribution in [-0.2, 0) is 76.1 Å². The van der Waals surface area contributed by atoms with Gasteiger partial charge in [0.25, 0.3) is 12.9 Å². The van der Waals surface area contributed by atoms with E-state index >= 15 is 0 Å². The van der Waals surface area contributed by atoms with E-state index in [4.69, 9.17) is 77.3 Å². The van der Waals surface area contributed by atoms with E-state index in [0.717, 1.165) is 152 Å². The smallest absolute Gasteiger partial charge is 0.309 e. The Morgan fingerprint density at radius 1 is 0.439 bits per heavy atom. The van der Waals surface area contributed by atoms with Gasteiger partial charge in [0, 0.05) is 69.2 Å². The summed E-state index contributed by atoms with van der Waals surface area (Å²) in [6.07, 6.45) is 24.3. The molecule has 6 aromatic rings. The van der Waals surface area contributed by atoms with Crippen molar-refractivity contribution in [1.82, 2.24) is 0 Å². The molecule has 3 aromatic heterocycles. The van der Waals surface area contributed by atoms with Crippen LogP contribution in [0, 0.1) is 94.2 Å². The first-order valence-corrected chi connectivity index (χ1v) is 49.2. The molecule has 0 spiro atoms. The van der Waals surface area contributed by atoms with Gasteiger partial charge < -0.3 is 82.7 Å². The molecule has 3 unspecified atom stereocenters. The molecule has 0 fully saturated rings. The van der Waals surface area contributed by atoms with E-state index in [-0.39, 0.29) is 91.1 Å². The number of aryl methyl sites for hydroxylation is 2. The molecule has 4 N–H and O–H groups in total. The van der Waals surface area contributed by atoms with Crippen LogP contribution in [0.5, 0.6) is 0 Å². The van der Waals surface area contributed by atoms with Crippen molar-refractivity contribution in [2.75, 3.05) is 165 Å². The zero-order valence-electron chi connectivity index (χ0n) is 81.6. The lowest BCUT2D eigenvalue weighted by molar-refractivity contribution is -0.152. The summed E-state index contributed by atoms with van der Waals surface area (Å²) in [4.78, 5) is 88.1. The number of carbonyl (C=O) groups is 6. The number of thiophene rings is 3. The van der Waals surface area contributed by atoms with Crippen LogP contribution >= 0.6 is 34.0 Å². The second-order valence-electron chi connectivity index (χ2n) is 31.3. The van der Waals surface area contributed by atoms with Gasteiger partial charge in [-0.05, 0) is 176 Å². The molecule has 38 heteroatoms. The largest absolute Gasteiger partial charge is 0.481 e. The number of carboxylic acids is 1. The Bertz CT molecular complexity index is 5180. The third-order valence-electron chi connectivity index (χ3n) is 21.1. The van der Waals surface area contributed by atoms with E-state index < -0.39 is 36.0 Å². The van der Waals surface area contributed by atoms with Crippen molar-refractivity contribution < 1.29 is 91.5 Å². The molecule has 0 radical (unpaired) electrons. The summed E-state index contributed by atoms with van der Waals surface area (Å²) in [5.41, 5.74) is 9.44. The molecule has 3 heterocycles. The van der Waals surface area contributed by atoms with Crippen LogP contribution in [0.2, 0.25) is 0 Å². The van der Waals surface area contributed by atoms with E-state index in [1.807, 2.05) is 107 Å². The highest BCUT2D eigenvalue weighted by atomic mass is 32.1. The molecule has 0 aliphatic rings. The van der Waals surface area contributed by atoms with Crippen molar-refractivity contribution in [3.8, 4) is 18.2 Å². The predicted octanol–water partition coefficient (Wildman–Crippen LogP) is 22.4. The fraction of sp³-hybridized carbons (Fsp3) is 0.525. The number of rotatable bonds is 69. The van der Waals surface area contributed by atoms with Crippen molar-refractivity contribution in [2.45, 2.75) is 197 Å². The molecular formula is C101H134N16O19S3. The number of benzene rings is 3. The first-order valence-electron chi connectivity index (χ1n) is 46.8. The summed E-state index contributed by atoms with van der Waals surface area (Å²) in [6, 6.07) is 23.3. The number of aliphatic hydroxyl groups is 2. The first kappa shape index (κ1) is 119. The van der Waals surface area contributed by atoms with Crippen LogP contribution in [-0.4, -0.2) is 209 Å². The van der Waals surface area contributed by atoms with Crippen LogP contribution in [0.15, 0.2) is 122 Å². The molecule has 0 saturated carbocycles. The summed E-state index contributed by atoms with van der Waals surface area (Å²) >= 11 is 3.39. The van der Waals surface area contributed by atoms with Gasteiger partial charge in [0.2, 0.25) is 20.9 Å². The number of hydrogen-bond donors (Lipinski definition) is 4. The Hall–Kier alpha value is -12.4. The Kier molecular flexibility index (Phi) is 62.3. The number of nitriles is 3. The number of esters is 2. The SMILES string of the molecule is [C-]#[N+]c1sc(N=Nc2ccc(N(CC)CC)cc2NC(=O)CC(C/C=C/CCCCC)OC=O)c(C#N)c1C.[C-]#[N+]c1sc(N=Nc2ccc(N(CCOCCO)CCOCCOCCO)cc2C)c(C#N)c1C.[C-]#[N+]c1sc(N=Nc2ccc(N(CCOCCOCCOC(=O)CC(C/C=C/CCCCC)C(=O)O)CCOCCOC(=O)CC(C/C=C/CCCCC)OC=O)cc2C)c(C#N)c1C. The molecule has 3 aromatic carbocycles. The van der Waals surface area contributed by atoms with Gasteiger partial charge in [-0.3, -0.25) is 28.8 Å². The molecule has 1 amide bonds.